The van der Waals surface area contributed by atoms with Gasteiger partial charge in [0.15, 0.2) is 7.14 Å². The summed E-state index contributed by atoms with van der Waals surface area (Å²) in [5.74, 6) is -2.16. The molecule has 0 bridgehead atoms. The highest BCUT2D eigenvalue weighted by Crippen LogP contribution is 2.23. The topological polar surface area (TPSA) is 69.7 Å². The molecule has 1 radical (unpaired) electrons. The van der Waals surface area contributed by atoms with Crippen LogP contribution in [0.15, 0.2) is 48.5 Å². The number of esters is 1. The number of alkyl halides is 3. The molecular weight excluding hydrogens is 573 g/mol. The summed E-state index contributed by atoms with van der Waals surface area (Å²) in [6.07, 6.45) is 0. The van der Waals surface area contributed by atoms with E-state index in [9.17, 15) is 22.0 Å². The summed E-state index contributed by atoms with van der Waals surface area (Å²) in [6.45, 7) is 3.31. The van der Waals surface area contributed by atoms with Gasteiger partial charge in [-0.2, -0.15) is 17.2 Å². The second-order valence-electron chi connectivity index (χ2n) is 5.70. The quantitative estimate of drug-likeness (QED) is 0.258. The number of ether oxygens (including phenoxy) is 1. The van der Waals surface area contributed by atoms with Crippen molar-refractivity contribution in [3.05, 3.63) is 66.8 Å². The molecule has 5 nitrogen and oxygen atoms in total. The first-order chi connectivity index (χ1) is 13.1. The van der Waals surface area contributed by atoms with Gasteiger partial charge in [-0.1, -0.05) is 51.3 Å². The number of hydrogen-bond acceptors (Lipinski definition) is 5. The number of carbonyl (C=O) groups is 1. The Balaban J connectivity index is 2.42. The van der Waals surface area contributed by atoms with E-state index in [4.69, 9.17) is 2.51 Å². The fourth-order valence-corrected chi connectivity index (χ4v) is 8.84. The van der Waals surface area contributed by atoms with Gasteiger partial charge in [0.1, 0.15) is 6.61 Å². The minimum Gasteiger partial charge on any atom is -0.459 e. The maximum absolute atomic E-state index is 14.3. The van der Waals surface area contributed by atoms with E-state index < -0.39 is 41.6 Å². The minimum absolute atomic E-state index is 0.0982. The molecule has 2 aromatic rings. The Morgan fingerprint density at radius 3 is 1.82 bits per heavy atom. The zero-order valence-corrected chi connectivity index (χ0v) is 19.6. The molecular formula is C18H18BrF2IO5S+. The standard InChI is InChI=1S/C18H18BrF2IO5S/c1-13-3-7-15(8-4-13)22(16-9-5-14(2)6-10-16)27-28(24,25)18(20,21)17(23)26-12-11-19/h3-10H,11-12H2,1-2H3/q+1. The predicted molar refractivity (Wildman–Crippen MR) is 99.5 cm³/mol. The van der Waals surface area contributed by atoms with Crippen molar-refractivity contribution >= 4 is 32.0 Å². The molecule has 153 valence electrons. The zero-order chi connectivity index (χ0) is 20.9. The van der Waals surface area contributed by atoms with E-state index in [0.717, 1.165) is 11.1 Å². The Morgan fingerprint density at radius 1 is 1.00 bits per heavy atom. The molecule has 0 atom stereocenters. The molecule has 0 saturated heterocycles. The molecule has 0 N–H and O–H groups in total. The lowest BCUT2D eigenvalue weighted by Crippen LogP contribution is -3.85. The van der Waals surface area contributed by atoms with Gasteiger partial charge in [0, 0.05) is 5.33 Å². The summed E-state index contributed by atoms with van der Waals surface area (Å²) in [4.78, 5) is 11.6. The SMILES string of the molecule is Cc1ccc([I+](OS(=O)(=O)C(F)(F)C(=O)OCCBr)c2ccc(C)cc2)cc1. The molecule has 0 aromatic heterocycles. The molecule has 2 rings (SSSR count). The largest absolute Gasteiger partial charge is 0.469 e. The van der Waals surface area contributed by atoms with Crippen LogP contribution in [0.25, 0.3) is 0 Å². The maximum Gasteiger partial charge on any atom is 0.469 e. The first kappa shape index (κ1) is 23.2. The van der Waals surface area contributed by atoms with Gasteiger partial charge in [0.05, 0.1) is 0 Å². The first-order valence-corrected chi connectivity index (χ1v) is 13.5. The van der Waals surface area contributed by atoms with E-state index >= 15 is 0 Å². The molecule has 0 fully saturated rings. The zero-order valence-electron chi connectivity index (χ0n) is 15.0. The maximum atomic E-state index is 14.3. The average molecular weight is 591 g/mol. The van der Waals surface area contributed by atoms with Crippen LogP contribution in [0.3, 0.4) is 0 Å². The summed E-state index contributed by atoms with van der Waals surface area (Å²) in [5, 5.41) is -4.71. The molecule has 0 aliphatic rings. The molecule has 0 unspecified atom stereocenters. The van der Waals surface area contributed by atoms with Gasteiger partial charge in [-0.15, -0.1) is 0 Å². The summed E-state index contributed by atoms with van der Waals surface area (Å²) < 4.78 is 63.4. The van der Waals surface area contributed by atoms with Crippen molar-refractivity contribution in [1.82, 2.24) is 0 Å². The lowest BCUT2D eigenvalue weighted by atomic mass is 10.2. The van der Waals surface area contributed by atoms with Crippen molar-refractivity contribution in [1.29, 1.82) is 0 Å². The van der Waals surface area contributed by atoms with Crippen molar-refractivity contribution in [2.45, 2.75) is 19.1 Å². The van der Waals surface area contributed by atoms with Crippen molar-refractivity contribution in [3.63, 3.8) is 0 Å². The van der Waals surface area contributed by atoms with Gasteiger partial charge in [0.2, 0.25) is 0 Å². The highest BCUT2D eigenvalue weighted by molar-refractivity contribution is 9.09. The van der Waals surface area contributed by atoms with Gasteiger partial charge >= 0.3 is 41.6 Å². The van der Waals surface area contributed by atoms with E-state index in [1.807, 2.05) is 13.8 Å². The Hall–Kier alpha value is -1.11. The van der Waals surface area contributed by atoms with Crippen LogP contribution >= 0.6 is 15.9 Å². The number of aryl methyl sites for hydroxylation is 2. The lowest BCUT2D eigenvalue weighted by molar-refractivity contribution is -1.03. The molecule has 2 aromatic carbocycles. The van der Waals surface area contributed by atoms with Crippen LogP contribution in [0, 0.1) is 21.0 Å². The fourth-order valence-electron chi connectivity index (χ4n) is 1.93. The van der Waals surface area contributed by atoms with Crippen molar-refractivity contribution < 1.29 is 49.5 Å². The van der Waals surface area contributed by atoms with Crippen LogP contribution in [0.4, 0.5) is 8.78 Å². The van der Waals surface area contributed by atoms with Gasteiger partial charge in [-0.3, -0.25) is 0 Å². The third-order valence-corrected chi connectivity index (χ3v) is 11.0. The second-order valence-corrected chi connectivity index (χ2v) is 13.0. The van der Waals surface area contributed by atoms with Crippen LogP contribution in [-0.4, -0.2) is 31.6 Å². The monoisotopic (exact) mass is 590 g/mol. The molecule has 28 heavy (non-hydrogen) atoms. The molecule has 0 heterocycles. The van der Waals surface area contributed by atoms with Crippen LogP contribution in [-0.2, 0) is 22.2 Å². The summed E-state index contributed by atoms with van der Waals surface area (Å²) in [6, 6.07) is 13.6. The molecule has 0 spiro atoms. The third-order valence-electron chi connectivity index (χ3n) is 3.43. The van der Waals surface area contributed by atoms with Crippen molar-refractivity contribution in [2.24, 2.45) is 0 Å². The second kappa shape index (κ2) is 9.59. The van der Waals surface area contributed by atoms with Gasteiger partial charge in [-0.25, -0.2) is 4.79 Å². The third kappa shape index (κ3) is 5.49. The highest BCUT2D eigenvalue weighted by atomic mass is 127. The number of benzene rings is 2. The van der Waals surface area contributed by atoms with Crippen molar-refractivity contribution in [3.8, 4) is 0 Å². The Labute approximate surface area is 178 Å². The summed E-state index contributed by atoms with van der Waals surface area (Å²) in [7, 11) is -5.56. The summed E-state index contributed by atoms with van der Waals surface area (Å²) >= 11 is -0.377. The van der Waals surface area contributed by atoms with Crippen molar-refractivity contribution in [2.75, 3.05) is 11.9 Å². The Kier molecular flexibility index (Phi) is 7.94. The van der Waals surface area contributed by atoms with Gasteiger partial charge in [0.25, 0.3) is 0 Å². The fraction of sp³-hybridized carbons (Fsp3) is 0.278. The van der Waals surface area contributed by atoms with Crippen LogP contribution in [0.1, 0.15) is 11.1 Å². The predicted octanol–water partition coefficient (Wildman–Crippen LogP) is 0.760. The number of halogens is 4. The van der Waals surface area contributed by atoms with E-state index in [2.05, 4.69) is 20.7 Å². The molecule has 0 aliphatic heterocycles. The normalized spacial score (nSPS) is 12.2. The van der Waals surface area contributed by atoms with E-state index in [-0.39, 0.29) is 11.9 Å². The summed E-state index contributed by atoms with van der Waals surface area (Å²) in [5.41, 5.74) is 1.85. The van der Waals surface area contributed by atoms with Crippen LogP contribution < -0.4 is 20.2 Å². The van der Waals surface area contributed by atoms with Gasteiger partial charge in [-0.05, 0) is 40.6 Å². The molecule has 0 aliphatic carbocycles. The van der Waals surface area contributed by atoms with E-state index in [0.29, 0.717) is 7.14 Å². The van der Waals surface area contributed by atoms with E-state index in [1.54, 1.807) is 48.5 Å². The molecule has 0 saturated carbocycles. The number of rotatable bonds is 8. The van der Waals surface area contributed by atoms with E-state index in [1.165, 1.54) is 0 Å². The van der Waals surface area contributed by atoms with Crippen LogP contribution in [0.5, 0.6) is 0 Å². The Morgan fingerprint density at radius 2 is 1.43 bits per heavy atom. The van der Waals surface area contributed by atoms with Gasteiger partial charge < -0.3 is 4.74 Å². The Bertz CT molecular complexity index is 872. The average Bonchev–Trinajstić information content (AvgIpc) is 2.65. The number of hydrogen-bond donors (Lipinski definition) is 0. The highest BCUT2D eigenvalue weighted by Gasteiger charge is 2.60. The number of carbonyl (C=O) groups excluding carboxylic acids is 1. The van der Waals surface area contributed by atoms with Crippen LogP contribution in [0.2, 0.25) is 0 Å². The first-order valence-electron chi connectivity index (χ1n) is 7.97. The smallest absolute Gasteiger partial charge is 0.459 e. The minimum atomic E-state index is -5.56. The lowest BCUT2D eigenvalue weighted by Gasteiger charge is -2.14. The molecule has 10 heteroatoms. The molecule has 0 amide bonds.